The van der Waals surface area contributed by atoms with E-state index in [4.69, 9.17) is 9.84 Å². The molecule has 2 N–H and O–H groups in total. The summed E-state index contributed by atoms with van der Waals surface area (Å²) in [5.41, 5.74) is 1.55. The number of aromatic nitrogens is 2. The molecule has 0 unspecified atom stereocenters. The van der Waals surface area contributed by atoms with Gasteiger partial charge in [-0.1, -0.05) is 13.8 Å². The first-order chi connectivity index (χ1) is 9.26. The number of nitrogens with one attached hydrogen (secondary N) is 1. The van der Waals surface area contributed by atoms with E-state index >= 15 is 0 Å². The molecule has 0 aromatic carbocycles. The molecule has 0 atom stereocenters. The minimum Gasteiger partial charge on any atom is -0.480 e. The molecule has 0 aliphatic carbocycles. The Bertz CT molecular complexity index is 466. The van der Waals surface area contributed by atoms with E-state index in [1.165, 1.54) is 0 Å². The van der Waals surface area contributed by atoms with Crippen molar-refractivity contribution < 1.29 is 14.6 Å². The molecule has 0 saturated carbocycles. The summed E-state index contributed by atoms with van der Waals surface area (Å²) in [6.07, 6.45) is 0.648. The highest BCUT2D eigenvalue weighted by molar-refractivity contribution is 5.77. The van der Waals surface area contributed by atoms with Crippen LogP contribution in [0.4, 0.5) is 0 Å². The van der Waals surface area contributed by atoms with Gasteiger partial charge in [-0.25, -0.2) is 0 Å². The van der Waals surface area contributed by atoms with Crippen LogP contribution in [0.25, 0.3) is 0 Å². The first kappa shape index (κ1) is 16.5. The lowest BCUT2D eigenvalue weighted by atomic mass is 9.90. The second-order valence-corrected chi connectivity index (χ2v) is 5.83. The van der Waals surface area contributed by atoms with Crippen LogP contribution in [0, 0.1) is 19.3 Å². The topological polar surface area (TPSA) is 76.4 Å². The number of aliphatic hydroxyl groups excluding tert-OH is 1. The van der Waals surface area contributed by atoms with E-state index in [-0.39, 0.29) is 24.5 Å². The lowest BCUT2D eigenvalue weighted by Crippen LogP contribution is -2.37. The van der Waals surface area contributed by atoms with Crippen molar-refractivity contribution in [1.82, 2.24) is 15.1 Å². The Hall–Kier alpha value is -1.56. The third-order valence-electron chi connectivity index (χ3n) is 3.34. The second kappa shape index (κ2) is 6.74. The van der Waals surface area contributed by atoms with Gasteiger partial charge in [0.15, 0.2) is 12.4 Å². The van der Waals surface area contributed by atoms with E-state index in [0.29, 0.717) is 18.7 Å². The molecule has 6 nitrogen and oxygen atoms in total. The van der Waals surface area contributed by atoms with Crippen molar-refractivity contribution in [2.45, 2.75) is 34.1 Å². The Labute approximate surface area is 120 Å². The number of hydrogen-bond donors (Lipinski definition) is 2. The summed E-state index contributed by atoms with van der Waals surface area (Å²) in [6.45, 7) is 8.36. The van der Waals surface area contributed by atoms with E-state index in [2.05, 4.69) is 10.4 Å². The maximum atomic E-state index is 11.8. The second-order valence-electron chi connectivity index (χ2n) is 5.83. The van der Waals surface area contributed by atoms with Crippen LogP contribution in [0.1, 0.15) is 31.7 Å². The van der Waals surface area contributed by atoms with Crippen LogP contribution in [0.2, 0.25) is 0 Å². The van der Waals surface area contributed by atoms with Gasteiger partial charge in [-0.3, -0.25) is 9.48 Å². The van der Waals surface area contributed by atoms with Crippen molar-refractivity contribution in [2.24, 2.45) is 12.5 Å². The van der Waals surface area contributed by atoms with Gasteiger partial charge < -0.3 is 15.2 Å². The lowest BCUT2D eigenvalue weighted by molar-refractivity contribution is -0.123. The number of aryl methyl sites for hydroxylation is 2. The van der Waals surface area contributed by atoms with Crippen molar-refractivity contribution in [3.8, 4) is 5.75 Å². The average molecular weight is 283 g/mol. The number of rotatable bonds is 7. The van der Waals surface area contributed by atoms with Crippen LogP contribution in [-0.2, 0) is 11.8 Å². The highest BCUT2D eigenvalue weighted by atomic mass is 16.5. The minimum absolute atomic E-state index is 0.0252. The molecule has 1 heterocycles. The number of hydrogen-bond acceptors (Lipinski definition) is 4. The van der Waals surface area contributed by atoms with Crippen molar-refractivity contribution in [1.29, 1.82) is 0 Å². The van der Waals surface area contributed by atoms with Crippen LogP contribution < -0.4 is 10.1 Å². The molecule has 0 bridgehead atoms. The smallest absolute Gasteiger partial charge is 0.257 e. The molecule has 0 aliphatic rings. The molecule has 0 fully saturated rings. The van der Waals surface area contributed by atoms with Gasteiger partial charge in [0.1, 0.15) is 5.69 Å². The largest absolute Gasteiger partial charge is 0.480 e. The van der Waals surface area contributed by atoms with E-state index in [0.717, 1.165) is 11.4 Å². The molecule has 114 valence electrons. The average Bonchev–Trinajstić information content (AvgIpc) is 2.59. The van der Waals surface area contributed by atoms with Crippen LogP contribution in [0.5, 0.6) is 5.75 Å². The van der Waals surface area contributed by atoms with Gasteiger partial charge in [-0.15, -0.1) is 0 Å². The van der Waals surface area contributed by atoms with Crippen LogP contribution >= 0.6 is 0 Å². The van der Waals surface area contributed by atoms with Crippen molar-refractivity contribution in [2.75, 3.05) is 19.8 Å². The maximum absolute atomic E-state index is 11.8. The highest BCUT2D eigenvalue weighted by Crippen LogP contribution is 2.21. The monoisotopic (exact) mass is 283 g/mol. The molecule has 1 rings (SSSR count). The summed E-state index contributed by atoms with van der Waals surface area (Å²) in [5.74, 6) is 0.496. The van der Waals surface area contributed by atoms with Crippen LogP contribution in [0.3, 0.4) is 0 Å². The molecule has 0 spiro atoms. The van der Waals surface area contributed by atoms with Gasteiger partial charge in [0, 0.05) is 20.2 Å². The first-order valence-electron chi connectivity index (χ1n) is 6.77. The van der Waals surface area contributed by atoms with E-state index < -0.39 is 0 Å². The molecule has 20 heavy (non-hydrogen) atoms. The fourth-order valence-corrected chi connectivity index (χ4v) is 1.88. The fourth-order valence-electron chi connectivity index (χ4n) is 1.88. The van der Waals surface area contributed by atoms with Gasteiger partial charge in [0.25, 0.3) is 5.91 Å². The number of aliphatic hydroxyl groups is 1. The first-order valence-corrected chi connectivity index (χ1v) is 6.77. The molecular formula is C14H25N3O3. The fraction of sp³-hybridized carbons (Fsp3) is 0.714. The molecule has 0 radical (unpaired) electrons. The van der Waals surface area contributed by atoms with Crippen LogP contribution in [-0.4, -0.2) is 40.6 Å². The zero-order chi connectivity index (χ0) is 15.3. The summed E-state index contributed by atoms with van der Waals surface area (Å²) < 4.78 is 7.26. The van der Waals surface area contributed by atoms with Crippen molar-refractivity contribution >= 4 is 5.91 Å². The third-order valence-corrected chi connectivity index (χ3v) is 3.34. The zero-order valence-electron chi connectivity index (χ0n) is 13.0. The number of carbonyl (C=O) groups is 1. The summed E-state index contributed by atoms with van der Waals surface area (Å²) in [7, 11) is 1.84. The van der Waals surface area contributed by atoms with Gasteiger partial charge in [-0.05, 0) is 25.7 Å². The predicted octanol–water partition coefficient (Wildman–Crippen LogP) is 0.941. The molecule has 0 saturated heterocycles. The summed E-state index contributed by atoms with van der Waals surface area (Å²) in [5, 5.41) is 16.0. The Balaban J connectivity index is 2.44. The Morgan fingerprint density at radius 2 is 2.10 bits per heavy atom. The lowest BCUT2D eigenvalue weighted by Gasteiger charge is -2.23. The molecule has 0 aliphatic heterocycles. The molecule has 1 aromatic heterocycles. The van der Waals surface area contributed by atoms with Gasteiger partial charge >= 0.3 is 0 Å². The normalized spacial score (nSPS) is 11.5. The maximum Gasteiger partial charge on any atom is 0.257 e. The van der Waals surface area contributed by atoms with E-state index in [1.54, 1.807) is 4.68 Å². The number of nitrogens with zero attached hydrogens (tertiary/aromatic N) is 2. The molecular weight excluding hydrogens is 258 g/mol. The number of carbonyl (C=O) groups excluding carboxylic acids is 1. The van der Waals surface area contributed by atoms with Crippen molar-refractivity contribution in [3.05, 3.63) is 11.4 Å². The molecule has 6 heteroatoms. The van der Waals surface area contributed by atoms with E-state index in [9.17, 15) is 4.79 Å². The predicted molar refractivity (Wildman–Crippen MR) is 76.7 cm³/mol. The summed E-state index contributed by atoms with van der Waals surface area (Å²) in [6, 6.07) is 0. The minimum atomic E-state index is -0.168. The Kier molecular flexibility index (Phi) is 5.56. The quantitative estimate of drug-likeness (QED) is 0.781. The van der Waals surface area contributed by atoms with Gasteiger partial charge in [-0.2, -0.15) is 5.10 Å². The molecule has 1 aromatic rings. The summed E-state index contributed by atoms with van der Waals surface area (Å²) in [4.78, 5) is 11.8. The number of ether oxygens (including phenoxy) is 1. The Morgan fingerprint density at radius 3 is 2.60 bits per heavy atom. The number of amides is 1. The van der Waals surface area contributed by atoms with Gasteiger partial charge in [0.2, 0.25) is 0 Å². The van der Waals surface area contributed by atoms with E-state index in [1.807, 2.05) is 34.7 Å². The van der Waals surface area contributed by atoms with Crippen molar-refractivity contribution in [3.63, 3.8) is 0 Å². The van der Waals surface area contributed by atoms with Crippen LogP contribution in [0.15, 0.2) is 0 Å². The standard InChI is InChI=1S/C14H25N3O3/c1-10-13(11(2)17(5)16-10)20-8-12(19)15-9-14(3,4)6-7-18/h18H,6-9H2,1-5H3,(H,15,19). The summed E-state index contributed by atoms with van der Waals surface area (Å²) >= 11 is 0. The zero-order valence-corrected chi connectivity index (χ0v) is 13.0. The third kappa shape index (κ3) is 4.52. The Morgan fingerprint density at radius 1 is 1.45 bits per heavy atom. The SMILES string of the molecule is Cc1nn(C)c(C)c1OCC(=O)NCC(C)(C)CCO. The molecule has 1 amide bonds. The highest BCUT2D eigenvalue weighted by Gasteiger charge is 2.18. The van der Waals surface area contributed by atoms with Gasteiger partial charge in [0.05, 0.1) is 5.69 Å².